The van der Waals surface area contributed by atoms with E-state index in [1.54, 1.807) is 36.9 Å². The van der Waals surface area contributed by atoms with Gasteiger partial charge in [-0.15, -0.1) is 0 Å². The van der Waals surface area contributed by atoms with Crippen LogP contribution in [0.25, 0.3) is 55.2 Å². The number of benzene rings is 5. The normalized spacial score (nSPS) is 23.2. The van der Waals surface area contributed by atoms with Gasteiger partial charge in [0.05, 0.1) is 5.56 Å². The van der Waals surface area contributed by atoms with E-state index in [-0.39, 0.29) is 33.5 Å². The Kier molecular flexibility index (Phi) is 3.80. The molecule has 3 aromatic heterocycles. The van der Waals surface area contributed by atoms with E-state index in [0.29, 0.717) is 55.6 Å². The van der Waals surface area contributed by atoms with E-state index in [1.165, 1.54) is 12.1 Å². The first-order valence-electron chi connectivity index (χ1n) is 21.4. The summed E-state index contributed by atoms with van der Waals surface area (Å²) in [6.45, 7) is -5.91. The summed E-state index contributed by atoms with van der Waals surface area (Å²) in [5.41, 5.74) is 6.55. The molecule has 230 valence electrons. The van der Waals surface area contributed by atoms with Crippen molar-refractivity contribution in [3.63, 3.8) is 0 Å². The number of aromatic nitrogens is 2. The molecular weight excluding hydrogens is 585 g/mol. The Labute approximate surface area is 295 Å². The molecule has 2 unspecified atom stereocenters. The third-order valence-corrected chi connectivity index (χ3v) is 10.1. The fraction of sp³-hybridized carbons (Fsp3) is 0.156. The van der Waals surface area contributed by atoms with Crippen LogP contribution in [0.2, 0.25) is 0 Å². The molecule has 0 aliphatic heterocycles. The maximum atomic E-state index is 10.5. The van der Waals surface area contributed by atoms with Crippen molar-refractivity contribution in [2.75, 3.05) is 0 Å². The standard InChI is InChI=1S/C45H35N2O/c1-24-18-25(2)41(44-40(24)34-16-14-27(4)46-45(34)48-44)39-22-35(26(3)23-47(39)5)30-15-17-33-36(21-30)43-32-13-9-8-12-31(32)42(33)37-19-28-10-6-7-11-29(28)20-38(37)43/h6-23,42-43H,1-5H3/q+1/i1D3,3D3,4D3,42D,43D. The largest absolute Gasteiger partial charge is 0.437 e. The van der Waals surface area contributed by atoms with Gasteiger partial charge in [0, 0.05) is 55.0 Å². The summed E-state index contributed by atoms with van der Waals surface area (Å²) in [5, 5.41) is 2.53. The van der Waals surface area contributed by atoms with Gasteiger partial charge in [-0.2, -0.15) is 0 Å². The second-order valence-electron chi connectivity index (χ2n) is 12.9. The number of furan rings is 1. The van der Waals surface area contributed by atoms with Crippen molar-refractivity contribution in [1.82, 2.24) is 4.98 Å². The second kappa shape index (κ2) is 9.74. The van der Waals surface area contributed by atoms with Crippen molar-refractivity contribution in [2.24, 2.45) is 7.05 Å². The zero-order valence-corrected chi connectivity index (χ0v) is 26.2. The van der Waals surface area contributed by atoms with Crippen LogP contribution in [0.4, 0.5) is 0 Å². The first kappa shape index (κ1) is 18.7. The summed E-state index contributed by atoms with van der Waals surface area (Å²) in [7, 11) is 1.71. The summed E-state index contributed by atoms with van der Waals surface area (Å²) < 4.78 is 104. The minimum absolute atomic E-state index is 0.0149. The number of hydrogen-bond acceptors (Lipinski definition) is 2. The van der Waals surface area contributed by atoms with Gasteiger partial charge in [0.1, 0.15) is 7.05 Å². The Morgan fingerprint density at radius 1 is 0.688 bits per heavy atom. The Morgan fingerprint density at radius 2 is 1.38 bits per heavy atom. The van der Waals surface area contributed by atoms with Crippen molar-refractivity contribution >= 4 is 32.8 Å². The van der Waals surface area contributed by atoms with Gasteiger partial charge in [-0.05, 0) is 124 Å². The highest BCUT2D eigenvalue weighted by Gasteiger charge is 2.41. The van der Waals surface area contributed by atoms with Crippen LogP contribution in [-0.4, -0.2) is 4.98 Å². The van der Waals surface area contributed by atoms with Gasteiger partial charge < -0.3 is 4.42 Å². The van der Waals surface area contributed by atoms with Gasteiger partial charge in [0.25, 0.3) is 0 Å². The van der Waals surface area contributed by atoms with Gasteiger partial charge in [-0.3, -0.25) is 0 Å². The molecule has 0 spiro atoms. The maximum absolute atomic E-state index is 10.5. The number of pyridine rings is 2. The molecule has 3 heteroatoms. The van der Waals surface area contributed by atoms with Gasteiger partial charge >= 0.3 is 0 Å². The Bertz CT molecular complexity index is 3140. The highest BCUT2D eigenvalue weighted by Crippen LogP contribution is 2.57. The van der Waals surface area contributed by atoms with Crippen LogP contribution in [-0.2, 0) is 7.05 Å². The summed E-state index contributed by atoms with van der Waals surface area (Å²) in [4.78, 5) is 4.30. The first-order chi connectivity index (χ1) is 27.7. The fourth-order valence-electron chi connectivity index (χ4n) is 8.00. The molecule has 48 heavy (non-hydrogen) atoms. The topological polar surface area (TPSA) is 29.9 Å². The predicted molar refractivity (Wildman–Crippen MR) is 195 cm³/mol. The minimum Gasteiger partial charge on any atom is -0.437 e. The Morgan fingerprint density at radius 3 is 2.10 bits per heavy atom. The molecule has 3 aliphatic rings. The van der Waals surface area contributed by atoms with Crippen LogP contribution >= 0.6 is 0 Å². The van der Waals surface area contributed by atoms with Crippen molar-refractivity contribution in [2.45, 2.75) is 39.3 Å². The summed E-state index contributed by atoms with van der Waals surface area (Å²) in [6, 6.07) is 31.3. The summed E-state index contributed by atoms with van der Waals surface area (Å²) in [6.07, 6.45) is 1.54. The van der Waals surface area contributed by atoms with E-state index >= 15 is 0 Å². The quantitative estimate of drug-likeness (QED) is 0.178. The van der Waals surface area contributed by atoms with E-state index in [0.717, 1.165) is 21.9 Å². The van der Waals surface area contributed by atoms with Gasteiger partial charge in [0.15, 0.2) is 11.8 Å². The zero-order chi connectivity index (χ0) is 41.8. The molecule has 0 fully saturated rings. The lowest BCUT2D eigenvalue weighted by molar-refractivity contribution is -0.660. The third kappa shape index (κ3) is 3.70. The highest BCUT2D eigenvalue weighted by atomic mass is 16.3. The molecule has 0 N–H and O–H groups in total. The smallest absolute Gasteiger partial charge is 0.227 e. The average molecular weight is 631 g/mol. The molecular formula is C45H35N2O+. The van der Waals surface area contributed by atoms with Crippen LogP contribution in [0.1, 0.15) is 82.6 Å². The first-order valence-corrected chi connectivity index (χ1v) is 15.9. The molecule has 3 nitrogen and oxygen atoms in total. The lowest BCUT2D eigenvalue weighted by Crippen LogP contribution is -2.31. The van der Waals surface area contributed by atoms with E-state index in [1.807, 2.05) is 78.9 Å². The van der Waals surface area contributed by atoms with Crippen molar-refractivity contribution in [1.29, 1.82) is 0 Å². The number of fused-ring (bicyclic) bond motifs is 4. The van der Waals surface area contributed by atoms with E-state index in [2.05, 4.69) is 4.98 Å². The van der Waals surface area contributed by atoms with Crippen molar-refractivity contribution in [3.8, 4) is 22.4 Å². The van der Waals surface area contributed by atoms with Gasteiger partial charge in [-0.1, -0.05) is 66.7 Å². The van der Waals surface area contributed by atoms with Gasteiger partial charge in [0.2, 0.25) is 11.4 Å². The molecule has 2 atom stereocenters. The van der Waals surface area contributed by atoms with Crippen LogP contribution in [0, 0.1) is 27.5 Å². The Hall–Kier alpha value is -5.54. The zero-order valence-electron chi connectivity index (χ0n) is 37.2. The van der Waals surface area contributed by atoms with Crippen molar-refractivity contribution in [3.05, 3.63) is 165 Å². The molecule has 3 heterocycles. The van der Waals surface area contributed by atoms with Crippen LogP contribution in [0.15, 0.2) is 114 Å². The maximum Gasteiger partial charge on any atom is 0.227 e. The van der Waals surface area contributed by atoms with E-state index < -0.39 is 32.3 Å². The lowest BCUT2D eigenvalue weighted by Gasteiger charge is -2.42. The molecule has 0 amide bonds. The number of aryl methyl sites for hydroxylation is 5. The third-order valence-electron chi connectivity index (χ3n) is 10.1. The van der Waals surface area contributed by atoms with Crippen LogP contribution in [0.3, 0.4) is 0 Å². The molecule has 0 radical (unpaired) electrons. The minimum atomic E-state index is -2.57. The molecule has 5 aromatic carbocycles. The monoisotopic (exact) mass is 630 g/mol. The second-order valence-corrected chi connectivity index (χ2v) is 12.9. The lowest BCUT2D eigenvalue weighted by atomic mass is 9.60. The molecule has 3 aliphatic carbocycles. The molecule has 11 rings (SSSR count). The Balaban J connectivity index is 1.24. The SMILES string of the molecule is [2H]C([2H])([2H])c1ccc2c(n1)oc1c(-c3cc(-c4ccc5c(c4)C4([2H])c6ccccc6C5([2H])c5cc6ccccc6cc54)c(C([2H])([2H])[2H])c[n+]3C)c(C)cc(C([2H])([2H])[2H])c12. The molecule has 2 bridgehead atoms. The average Bonchev–Trinajstić information content (AvgIpc) is 3.56. The van der Waals surface area contributed by atoms with Gasteiger partial charge in [-0.25, -0.2) is 9.55 Å². The number of nitrogens with zero attached hydrogens (tertiary/aromatic N) is 2. The molecule has 8 aromatic rings. The van der Waals surface area contributed by atoms with E-state index in [9.17, 15) is 2.74 Å². The van der Waals surface area contributed by atoms with E-state index in [4.69, 9.17) is 16.8 Å². The van der Waals surface area contributed by atoms with Crippen LogP contribution in [0.5, 0.6) is 0 Å². The predicted octanol–water partition coefficient (Wildman–Crippen LogP) is 10.5. The summed E-state index contributed by atoms with van der Waals surface area (Å²) in [5.74, 6) is -2.76. The number of hydrogen-bond donors (Lipinski definition) is 0. The highest BCUT2D eigenvalue weighted by molar-refractivity contribution is 6.10. The van der Waals surface area contributed by atoms with Crippen molar-refractivity contribution < 1.29 is 24.1 Å². The van der Waals surface area contributed by atoms with Crippen LogP contribution < -0.4 is 4.57 Å². The molecule has 0 saturated heterocycles. The summed E-state index contributed by atoms with van der Waals surface area (Å²) >= 11 is 0. The molecule has 0 saturated carbocycles. The number of rotatable bonds is 2. The fourth-order valence-corrected chi connectivity index (χ4v) is 8.00.